The number of anilines is 1. The number of rotatable bonds is 3. The summed E-state index contributed by atoms with van der Waals surface area (Å²) in [5.41, 5.74) is 8.14. The molecule has 0 radical (unpaired) electrons. The van der Waals surface area contributed by atoms with E-state index in [0.29, 0.717) is 5.95 Å². The minimum Gasteiger partial charge on any atom is -0.369 e. The first-order chi connectivity index (χ1) is 8.84. The molecule has 1 aromatic heterocycles. The molecule has 6 heteroatoms. The van der Waals surface area contributed by atoms with E-state index in [9.17, 15) is 0 Å². The first-order valence-corrected chi connectivity index (χ1v) is 6.78. The first kappa shape index (κ1) is 17.5. The molecule has 1 aliphatic heterocycles. The first-order valence-electron chi connectivity index (χ1n) is 6.78. The van der Waals surface area contributed by atoms with Crippen molar-refractivity contribution in [3.8, 4) is 0 Å². The average Bonchev–Trinajstić information content (AvgIpc) is 2.73. The Balaban J connectivity index is 0.000001000. The zero-order chi connectivity index (χ0) is 12.4. The number of imidazole rings is 1. The molecular formula is C14H22Br2N4. The van der Waals surface area contributed by atoms with E-state index in [1.807, 2.05) is 18.2 Å². The molecule has 112 valence electrons. The SMILES string of the molecule is Br.Br.Nc1nc2ccccc2n1CCN1CCCCC1. The topological polar surface area (TPSA) is 47.1 Å². The third-order valence-corrected chi connectivity index (χ3v) is 3.77. The number of piperidine rings is 1. The number of nitrogen functional groups attached to an aromatic ring is 1. The Morgan fingerprint density at radius 1 is 1.00 bits per heavy atom. The van der Waals surface area contributed by atoms with E-state index in [0.717, 1.165) is 24.1 Å². The number of para-hydroxylation sites is 2. The highest BCUT2D eigenvalue weighted by molar-refractivity contribution is 8.93. The van der Waals surface area contributed by atoms with Crippen molar-refractivity contribution in [1.82, 2.24) is 14.5 Å². The average molecular weight is 406 g/mol. The molecule has 1 aliphatic rings. The summed E-state index contributed by atoms with van der Waals surface area (Å²) >= 11 is 0. The van der Waals surface area contributed by atoms with Gasteiger partial charge in [-0.15, -0.1) is 34.0 Å². The summed E-state index contributed by atoms with van der Waals surface area (Å²) < 4.78 is 2.13. The third-order valence-electron chi connectivity index (χ3n) is 3.77. The summed E-state index contributed by atoms with van der Waals surface area (Å²) in [6.07, 6.45) is 4.05. The molecular weight excluding hydrogens is 384 g/mol. The highest BCUT2D eigenvalue weighted by Crippen LogP contribution is 2.17. The van der Waals surface area contributed by atoms with Gasteiger partial charge in [-0.25, -0.2) is 4.98 Å². The van der Waals surface area contributed by atoms with Gasteiger partial charge < -0.3 is 15.2 Å². The lowest BCUT2D eigenvalue weighted by molar-refractivity contribution is 0.222. The quantitative estimate of drug-likeness (QED) is 0.852. The third kappa shape index (κ3) is 3.74. The second-order valence-electron chi connectivity index (χ2n) is 5.01. The smallest absolute Gasteiger partial charge is 0.201 e. The maximum absolute atomic E-state index is 6.00. The number of nitrogens with zero attached hydrogens (tertiary/aromatic N) is 3. The summed E-state index contributed by atoms with van der Waals surface area (Å²) in [7, 11) is 0. The zero-order valence-electron chi connectivity index (χ0n) is 11.5. The molecule has 2 aromatic rings. The summed E-state index contributed by atoms with van der Waals surface area (Å²) in [6.45, 7) is 4.47. The van der Waals surface area contributed by atoms with Gasteiger partial charge in [0.15, 0.2) is 0 Å². The van der Waals surface area contributed by atoms with Gasteiger partial charge in [0.1, 0.15) is 0 Å². The highest BCUT2D eigenvalue weighted by atomic mass is 79.9. The van der Waals surface area contributed by atoms with Crippen molar-refractivity contribution in [2.45, 2.75) is 25.8 Å². The van der Waals surface area contributed by atoms with Crippen molar-refractivity contribution in [2.75, 3.05) is 25.4 Å². The summed E-state index contributed by atoms with van der Waals surface area (Å²) in [4.78, 5) is 6.92. The van der Waals surface area contributed by atoms with Crippen LogP contribution in [-0.2, 0) is 6.54 Å². The predicted octanol–water partition coefficient (Wildman–Crippen LogP) is 3.26. The molecule has 1 aromatic carbocycles. The normalized spacial score (nSPS) is 15.6. The van der Waals surface area contributed by atoms with Gasteiger partial charge in [0.2, 0.25) is 5.95 Å². The lowest BCUT2D eigenvalue weighted by Crippen LogP contribution is -2.32. The number of benzene rings is 1. The van der Waals surface area contributed by atoms with Gasteiger partial charge in [-0.05, 0) is 38.1 Å². The molecule has 2 N–H and O–H groups in total. The van der Waals surface area contributed by atoms with Gasteiger partial charge in [-0.3, -0.25) is 0 Å². The van der Waals surface area contributed by atoms with Crippen LogP contribution in [0.25, 0.3) is 11.0 Å². The monoisotopic (exact) mass is 404 g/mol. The van der Waals surface area contributed by atoms with E-state index in [4.69, 9.17) is 5.73 Å². The summed E-state index contributed by atoms with van der Waals surface area (Å²) in [5.74, 6) is 0.633. The van der Waals surface area contributed by atoms with Crippen LogP contribution >= 0.6 is 34.0 Å². The van der Waals surface area contributed by atoms with E-state index in [-0.39, 0.29) is 34.0 Å². The Labute approximate surface area is 140 Å². The van der Waals surface area contributed by atoms with E-state index in [1.54, 1.807) is 0 Å². The van der Waals surface area contributed by atoms with Gasteiger partial charge >= 0.3 is 0 Å². The van der Waals surface area contributed by atoms with Crippen LogP contribution in [0.15, 0.2) is 24.3 Å². The molecule has 2 heterocycles. The highest BCUT2D eigenvalue weighted by Gasteiger charge is 2.12. The van der Waals surface area contributed by atoms with Crippen molar-refractivity contribution in [3.63, 3.8) is 0 Å². The largest absolute Gasteiger partial charge is 0.369 e. The molecule has 0 spiro atoms. The fraction of sp³-hybridized carbons (Fsp3) is 0.500. The Kier molecular flexibility index (Phi) is 6.99. The van der Waals surface area contributed by atoms with Crippen LogP contribution in [-0.4, -0.2) is 34.1 Å². The minimum absolute atomic E-state index is 0. The molecule has 0 bridgehead atoms. The van der Waals surface area contributed by atoms with Crippen molar-refractivity contribution >= 4 is 50.9 Å². The number of fused-ring (bicyclic) bond motifs is 1. The van der Waals surface area contributed by atoms with Crippen molar-refractivity contribution in [1.29, 1.82) is 0 Å². The molecule has 20 heavy (non-hydrogen) atoms. The molecule has 0 atom stereocenters. The van der Waals surface area contributed by atoms with Crippen molar-refractivity contribution in [2.24, 2.45) is 0 Å². The van der Waals surface area contributed by atoms with Crippen LogP contribution in [0, 0.1) is 0 Å². The van der Waals surface area contributed by atoms with E-state index in [1.165, 1.54) is 32.4 Å². The van der Waals surface area contributed by atoms with Crippen LogP contribution < -0.4 is 5.73 Å². The molecule has 4 nitrogen and oxygen atoms in total. The summed E-state index contributed by atoms with van der Waals surface area (Å²) in [6, 6.07) is 8.16. The van der Waals surface area contributed by atoms with Crippen molar-refractivity contribution < 1.29 is 0 Å². The number of nitrogens with two attached hydrogens (primary N) is 1. The summed E-state index contributed by atoms with van der Waals surface area (Å²) in [5, 5.41) is 0. The van der Waals surface area contributed by atoms with Crippen LogP contribution in [0.3, 0.4) is 0 Å². The Bertz CT molecular complexity index is 535. The molecule has 0 unspecified atom stereocenters. The zero-order valence-corrected chi connectivity index (χ0v) is 14.9. The lowest BCUT2D eigenvalue weighted by Gasteiger charge is -2.26. The molecule has 3 rings (SSSR count). The van der Waals surface area contributed by atoms with E-state index < -0.39 is 0 Å². The van der Waals surface area contributed by atoms with E-state index in [2.05, 4.69) is 20.5 Å². The van der Waals surface area contributed by atoms with Crippen LogP contribution in [0.2, 0.25) is 0 Å². The minimum atomic E-state index is 0. The second-order valence-corrected chi connectivity index (χ2v) is 5.01. The van der Waals surface area contributed by atoms with Crippen LogP contribution in [0.5, 0.6) is 0 Å². The number of hydrogen-bond acceptors (Lipinski definition) is 3. The van der Waals surface area contributed by atoms with Gasteiger partial charge in [-0.1, -0.05) is 18.6 Å². The predicted molar refractivity (Wildman–Crippen MR) is 95.1 cm³/mol. The number of hydrogen-bond donors (Lipinski definition) is 1. The van der Waals surface area contributed by atoms with Gasteiger partial charge in [0.25, 0.3) is 0 Å². The Morgan fingerprint density at radius 3 is 2.45 bits per heavy atom. The molecule has 0 amide bonds. The molecule has 1 saturated heterocycles. The molecule has 0 saturated carbocycles. The Hall–Kier alpha value is -0.590. The standard InChI is InChI=1S/C14H20N4.2BrH/c15-14-16-12-6-2-3-7-13(12)18(14)11-10-17-8-4-1-5-9-17;;/h2-3,6-7H,1,4-5,8-11H2,(H2,15,16);2*1H. The van der Waals surface area contributed by atoms with Crippen LogP contribution in [0.4, 0.5) is 5.95 Å². The lowest BCUT2D eigenvalue weighted by atomic mass is 10.1. The Morgan fingerprint density at radius 2 is 1.70 bits per heavy atom. The van der Waals surface area contributed by atoms with Crippen LogP contribution in [0.1, 0.15) is 19.3 Å². The number of aromatic nitrogens is 2. The molecule has 0 aliphatic carbocycles. The van der Waals surface area contributed by atoms with Gasteiger partial charge in [0.05, 0.1) is 11.0 Å². The van der Waals surface area contributed by atoms with Crippen molar-refractivity contribution in [3.05, 3.63) is 24.3 Å². The number of likely N-dealkylation sites (tertiary alicyclic amines) is 1. The second kappa shape index (κ2) is 8.00. The van der Waals surface area contributed by atoms with E-state index >= 15 is 0 Å². The maximum Gasteiger partial charge on any atom is 0.201 e. The molecule has 1 fully saturated rings. The maximum atomic E-state index is 6.00. The van der Waals surface area contributed by atoms with Gasteiger partial charge in [-0.2, -0.15) is 0 Å². The fourth-order valence-corrected chi connectivity index (χ4v) is 2.75. The number of halogens is 2. The van der Waals surface area contributed by atoms with Gasteiger partial charge in [0, 0.05) is 13.1 Å². The fourth-order valence-electron chi connectivity index (χ4n) is 2.75.